The van der Waals surface area contributed by atoms with Crippen molar-refractivity contribution in [1.29, 1.82) is 0 Å². The molecule has 4 nitrogen and oxygen atoms in total. The fraction of sp³-hybridized carbons (Fsp3) is 0.364. The quantitative estimate of drug-likeness (QED) is 0.798. The first-order valence-corrected chi connectivity index (χ1v) is 7.66. The van der Waals surface area contributed by atoms with Crippen LogP contribution in [0.25, 0.3) is 0 Å². The van der Waals surface area contributed by atoms with Crippen LogP contribution in [0.1, 0.15) is 17.3 Å². The summed E-state index contributed by atoms with van der Waals surface area (Å²) in [5.74, 6) is 0.667. The standard InChI is InChI=1S/C11H11BrO4S/c1-7(13)8-2-3-11(10(12)4-8)16-9-5-17(14,15)6-9/h2-4,9H,5-6H2,1H3. The van der Waals surface area contributed by atoms with Gasteiger partial charge in [-0.2, -0.15) is 0 Å². The monoisotopic (exact) mass is 318 g/mol. The number of ketones is 1. The summed E-state index contributed by atoms with van der Waals surface area (Å²) in [6, 6.07) is 5.01. The minimum Gasteiger partial charge on any atom is -0.487 e. The molecule has 1 aliphatic rings. The van der Waals surface area contributed by atoms with Crippen LogP contribution < -0.4 is 4.74 Å². The molecular weight excluding hydrogens is 308 g/mol. The summed E-state index contributed by atoms with van der Waals surface area (Å²) in [5.41, 5.74) is 0.588. The van der Waals surface area contributed by atoms with Crippen LogP contribution in [0.5, 0.6) is 5.75 Å². The van der Waals surface area contributed by atoms with Gasteiger partial charge in [0.15, 0.2) is 15.6 Å². The van der Waals surface area contributed by atoms with Gasteiger partial charge in [-0.05, 0) is 41.1 Å². The van der Waals surface area contributed by atoms with Crippen molar-refractivity contribution in [2.24, 2.45) is 0 Å². The number of benzene rings is 1. The van der Waals surface area contributed by atoms with Gasteiger partial charge in [0.25, 0.3) is 0 Å². The highest BCUT2D eigenvalue weighted by atomic mass is 79.9. The summed E-state index contributed by atoms with van der Waals surface area (Å²) in [6.45, 7) is 1.49. The molecule has 1 aliphatic heterocycles. The molecule has 1 aromatic rings. The van der Waals surface area contributed by atoms with E-state index in [4.69, 9.17) is 4.74 Å². The molecule has 1 aromatic carbocycles. The van der Waals surface area contributed by atoms with Gasteiger partial charge in [-0.1, -0.05) is 0 Å². The third kappa shape index (κ3) is 2.87. The summed E-state index contributed by atoms with van der Waals surface area (Å²) in [4.78, 5) is 11.1. The molecule has 2 rings (SSSR count). The lowest BCUT2D eigenvalue weighted by Crippen LogP contribution is -2.45. The summed E-state index contributed by atoms with van der Waals surface area (Å²) in [7, 11) is -2.88. The second kappa shape index (κ2) is 4.42. The highest BCUT2D eigenvalue weighted by Gasteiger charge is 2.35. The lowest BCUT2D eigenvalue weighted by atomic mass is 10.1. The van der Waals surface area contributed by atoms with E-state index < -0.39 is 9.84 Å². The zero-order chi connectivity index (χ0) is 12.6. The molecule has 1 fully saturated rings. The Morgan fingerprint density at radius 2 is 2.06 bits per heavy atom. The molecule has 6 heteroatoms. The van der Waals surface area contributed by atoms with Crippen LogP contribution in [0, 0.1) is 0 Å². The van der Waals surface area contributed by atoms with E-state index in [0.29, 0.717) is 15.8 Å². The highest BCUT2D eigenvalue weighted by Crippen LogP contribution is 2.29. The molecule has 17 heavy (non-hydrogen) atoms. The topological polar surface area (TPSA) is 60.4 Å². The van der Waals surface area contributed by atoms with Crippen molar-refractivity contribution in [2.45, 2.75) is 13.0 Å². The van der Waals surface area contributed by atoms with Gasteiger partial charge in [-0.25, -0.2) is 8.42 Å². The molecule has 0 saturated carbocycles. The fourth-order valence-electron chi connectivity index (χ4n) is 1.58. The second-order valence-corrected chi connectivity index (χ2v) is 7.03. The number of hydrogen-bond donors (Lipinski definition) is 0. The molecule has 1 heterocycles. The highest BCUT2D eigenvalue weighted by molar-refractivity contribution is 9.10. The maximum Gasteiger partial charge on any atom is 0.159 e. The average Bonchev–Trinajstić information content (AvgIpc) is 2.17. The Morgan fingerprint density at radius 3 is 2.53 bits per heavy atom. The number of carbonyl (C=O) groups is 1. The molecule has 0 spiro atoms. The molecule has 0 atom stereocenters. The first kappa shape index (κ1) is 12.6. The fourth-order valence-corrected chi connectivity index (χ4v) is 3.22. The smallest absolute Gasteiger partial charge is 0.159 e. The van der Waals surface area contributed by atoms with E-state index in [0.717, 1.165) is 0 Å². The van der Waals surface area contributed by atoms with Crippen molar-refractivity contribution in [3.63, 3.8) is 0 Å². The first-order chi connectivity index (χ1) is 7.87. The van der Waals surface area contributed by atoms with Crippen LogP contribution in [0.4, 0.5) is 0 Å². The van der Waals surface area contributed by atoms with Crippen LogP contribution in [-0.2, 0) is 9.84 Å². The van der Waals surface area contributed by atoms with Gasteiger partial charge >= 0.3 is 0 Å². The minimum atomic E-state index is -2.88. The zero-order valence-electron chi connectivity index (χ0n) is 9.14. The Hall–Kier alpha value is -0.880. The van der Waals surface area contributed by atoms with Gasteiger partial charge in [0.05, 0.1) is 16.0 Å². The predicted molar refractivity (Wildman–Crippen MR) is 67.2 cm³/mol. The van der Waals surface area contributed by atoms with Gasteiger partial charge in [0.1, 0.15) is 11.9 Å². The van der Waals surface area contributed by atoms with Crippen molar-refractivity contribution < 1.29 is 17.9 Å². The molecular formula is C11H11BrO4S. The number of halogens is 1. The molecule has 0 aromatic heterocycles. The van der Waals surface area contributed by atoms with Crippen LogP contribution in [0.2, 0.25) is 0 Å². The van der Waals surface area contributed by atoms with Crippen LogP contribution in [0.3, 0.4) is 0 Å². The van der Waals surface area contributed by atoms with E-state index in [-0.39, 0.29) is 23.4 Å². The largest absolute Gasteiger partial charge is 0.487 e. The Bertz CT molecular complexity index is 553. The number of carbonyl (C=O) groups excluding carboxylic acids is 1. The van der Waals surface area contributed by atoms with Gasteiger partial charge in [-0.15, -0.1) is 0 Å². The lowest BCUT2D eigenvalue weighted by molar-refractivity contribution is 0.101. The first-order valence-electron chi connectivity index (χ1n) is 5.05. The van der Waals surface area contributed by atoms with Crippen molar-refractivity contribution in [3.8, 4) is 5.75 Å². The van der Waals surface area contributed by atoms with Crippen molar-refractivity contribution in [3.05, 3.63) is 28.2 Å². The third-order valence-electron chi connectivity index (χ3n) is 2.51. The zero-order valence-corrected chi connectivity index (χ0v) is 11.5. The third-order valence-corrected chi connectivity index (χ3v) is 4.89. The summed E-state index contributed by atoms with van der Waals surface area (Å²) in [6.07, 6.45) is -0.278. The van der Waals surface area contributed by atoms with Crippen LogP contribution >= 0.6 is 15.9 Å². The molecule has 0 radical (unpaired) electrons. The Kier molecular flexibility index (Phi) is 3.27. The molecule has 0 amide bonds. The van der Waals surface area contributed by atoms with Gasteiger partial charge in [-0.3, -0.25) is 4.79 Å². The molecule has 0 bridgehead atoms. The molecule has 0 unspecified atom stereocenters. The van der Waals surface area contributed by atoms with E-state index >= 15 is 0 Å². The summed E-state index contributed by atoms with van der Waals surface area (Å²) < 4.78 is 28.1. The second-order valence-electron chi connectivity index (χ2n) is 4.02. The Labute approximate surface area is 108 Å². The number of Topliss-reactive ketones (excluding diaryl/α,β-unsaturated/α-hetero) is 1. The van der Waals surface area contributed by atoms with E-state index in [2.05, 4.69) is 15.9 Å². The summed E-state index contributed by atoms with van der Waals surface area (Å²) >= 11 is 3.30. The van der Waals surface area contributed by atoms with Crippen LogP contribution in [-0.4, -0.2) is 31.8 Å². The molecule has 0 N–H and O–H groups in total. The number of sulfone groups is 1. The van der Waals surface area contributed by atoms with E-state index in [1.807, 2.05) is 0 Å². The Morgan fingerprint density at radius 1 is 1.41 bits per heavy atom. The summed E-state index contributed by atoms with van der Waals surface area (Å²) in [5, 5.41) is 0. The van der Waals surface area contributed by atoms with Gasteiger partial charge < -0.3 is 4.74 Å². The Balaban J connectivity index is 2.10. The lowest BCUT2D eigenvalue weighted by Gasteiger charge is -2.27. The van der Waals surface area contributed by atoms with Crippen molar-refractivity contribution in [1.82, 2.24) is 0 Å². The number of ether oxygens (including phenoxy) is 1. The van der Waals surface area contributed by atoms with Crippen LogP contribution in [0.15, 0.2) is 22.7 Å². The predicted octanol–water partition coefficient (Wildman–Crippen LogP) is 1.83. The molecule has 0 aliphatic carbocycles. The molecule has 92 valence electrons. The van der Waals surface area contributed by atoms with E-state index in [1.54, 1.807) is 18.2 Å². The maximum atomic E-state index is 11.1. The number of hydrogen-bond acceptors (Lipinski definition) is 4. The van der Waals surface area contributed by atoms with Gasteiger partial charge in [0, 0.05) is 5.56 Å². The van der Waals surface area contributed by atoms with E-state index in [9.17, 15) is 13.2 Å². The van der Waals surface area contributed by atoms with Crippen molar-refractivity contribution in [2.75, 3.05) is 11.5 Å². The average molecular weight is 319 g/mol. The molecule has 1 saturated heterocycles. The van der Waals surface area contributed by atoms with Gasteiger partial charge in [0.2, 0.25) is 0 Å². The maximum absolute atomic E-state index is 11.1. The SMILES string of the molecule is CC(=O)c1ccc(OC2CS(=O)(=O)C2)c(Br)c1. The normalized spacial score (nSPS) is 18.5. The van der Waals surface area contributed by atoms with Crippen molar-refractivity contribution >= 4 is 31.6 Å². The minimum absolute atomic E-state index is 0.0246. The number of rotatable bonds is 3. The van der Waals surface area contributed by atoms with E-state index in [1.165, 1.54) is 6.92 Å².